The summed E-state index contributed by atoms with van der Waals surface area (Å²) in [5.41, 5.74) is 2.86. The van der Waals surface area contributed by atoms with Crippen molar-refractivity contribution in [3.63, 3.8) is 0 Å². The molecule has 1 aromatic heterocycles. The molecule has 4 rings (SSSR count). The van der Waals surface area contributed by atoms with Gasteiger partial charge in [-0.15, -0.1) is 12.4 Å². The lowest BCUT2D eigenvalue weighted by atomic mass is 10.1. The van der Waals surface area contributed by atoms with Gasteiger partial charge in [0.2, 0.25) is 6.79 Å². The van der Waals surface area contributed by atoms with Crippen LogP contribution < -0.4 is 14.8 Å². The van der Waals surface area contributed by atoms with E-state index < -0.39 is 0 Å². The first-order valence-electron chi connectivity index (χ1n) is 6.41. The van der Waals surface area contributed by atoms with E-state index in [-0.39, 0.29) is 19.2 Å². The number of halogens is 1. The molecule has 1 aliphatic heterocycles. The van der Waals surface area contributed by atoms with Gasteiger partial charge >= 0.3 is 0 Å². The molecule has 0 unspecified atom stereocenters. The van der Waals surface area contributed by atoms with E-state index in [1.807, 2.05) is 48.5 Å². The molecule has 0 saturated heterocycles. The molecule has 5 heteroatoms. The zero-order valence-electron chi connectivity index (χ0n) is 11.1. The summed E-state index contributed by atoms with van der Waals surface area (Å²) in [6, 6.07) is 15.8. The first-order valence-corrected chi connectivity index (χ1v) is 6.41. The number of fused-ring (bicyclic) bond motifs is 2. The predicted molar refractivity (Wildman–Crippen MR) is 84.8 cm³/mol. The number of rotatable bonds is 2. The first-order chi connectivity index (χ1) is 9.92. The lowest BCUT2D eigenvalue weighted by Crippen LogP contribution is -1.96. The third kappa shape index (κ3) is 2.34. The summed E-state index contributed by atoms with van der Waals surface area (Å²) < 4.78 is 10.9. The van der Waals surface area contributed by atoms with Crippen LogP contribution in [0.4, 0.5) is 11.4 Å². The van der Waals surface area contributed by atoms with Crippen molar-refractivity contribution in [2.75, 3.05) is 12.1 Å². The molecule has 1 aliphatic rings. The second-order valence-electron chi connectivity index (χ2n) is 4.54. The highest BCUT2D eigenvalue weighted by Gasteiger charge is 2.17. The van der Waals surface area contributed by atoms with Crippen LogP contribution in [0, 0.1) is 0 Å². The molecular formula is C16H13ClN2O2. The van der Waals surface area contributed by atoms with E-state index in [1.54, 1.807) is 6.20 Å². The monoisotopic (exact) mass is 300 g/mol. The van der Waals surface area contributed by atoms with E-state index in [0.717, 1.165) is 33.8 Å². The summed E-state index contributed by atoms with van der Waals surface area (Å²) in [5, 5.41) is 4.48. The van der Waals surface area contributed by atoms with Crippen LogP contribution in [0.15, 0.2) is 54.7 Å². The Morgan fingerprint density at radius 3 is 2.76 bits per heavy atom. The molecule has 2 heterocycles. The summed E-state index contributed by atoms with van der Waals surface area (Å²) in [6.45, 7) is 0.269. The van der Waals surface area contributed by atoms with Gasteiger partial charge in [0.15, 0.2) is 11.5 Å². The van der Waals surface area contributed by atoms with Gasteiger partial charge < -0.3 is 14.8 Å². The highest BCUT2D eigenvalue weighted by atomic mass is 35.5. The lowest BCUT2D eigenvalue weighted by Gasteiger charge is -2.11. The maximum absolute atomic E-state index is 5.51. The number of anilines is 2. The highest BCUT2D eigenvalue weighted by molar-refractivity contribution is 5.93. The molecule has 0 amide bonds. The fourth-order valence-electron chi connectivity index (χ4n) is 2.38. The van der Waals surface area contributed by atoms with Gasteiger partial charge in [0.1, 0.15) is 0 Å². The molecule has 0 aliphatic carbocycles. The predicted octanol–water partition coefficient (Wildman–Crippen LogP) is 4.13. The molecule has 106 valence electrons. The average molecular weight is 301 g/mol. The lowest BCUT2D eigenvalue weighted by molar-refractivity contribution is 0.174. The standard InChI is InChI=1S/C16H12N2O2.ClH/c1-2-5-12-11(4-1)13(8-9-17-12)18-14-6-3-7-15-16(14)20-10-19-15;/h1-9H,10H2,(H,17,18);1H. The van der Waals surface area contributed by atoms with Gasteiger partial charge in [-0.2, -0.15) is 0 Å². The van der Waals surface area contributed by atoms with Crippen molar-refractivity contribution in [2.45, 2.75) is 0 Å². The Hall–Kier alpha value is -2.46. The van der Waals surface area contributed by atoms with Gasteiger partial charge in [0.05, 0.1) is 11.2 Å². The van der Waals surface area contributed by atoms with Crippen molar-refractivity contribution in [3.8, 4) is 11.5 Å². The van der Waals surface area contributed by atoms with Crippen molar-refractivity contribution in [1.82, 2.24) is 4.98 Å². The Balaban J connectivity index is 0.00000132. The minimum atomic E-state index is 0. The van der Waals surface area contributed by atoms with E-state index in [9.17, 15) is 0 Å². The zero-order chi connectivity index (χ0) is 13.4. The molecule has 3 aromatic rings. The van der Waals surface area contributed by atoms with Crippen LogP contribution in [0.2, 0.25) is 0 Å². The first kappa shape index (κ1) is 13.5. The Morgan fingerprint density at radius 1 is 0.905 bits per heavy atom. The van der Waals surface area contributed by atoms with Crippen molar-refractivity contribution in [3.05, 3.63) is 54.7 Å². The number of benzene rings is 2. The van der Waals surface area contributed by atoms with E-state index in [1.165, 1.54) is 0 Å². The van der Waals surface area contributed by atoms with Crippen molar-refractivity contribution in [2.24, 2.45) is 0 Å². The Labute approximate surface area is 128 Å². The van der Waals surface area contributed by atoms with Crippen LogP contribution in [0.25, 0.3) is 10.9 Å². The van der Waals surface area contributed by atoms with Gasteiger partial charge in [-0.3, -0.25) is 4.98 Å². The van der Waals surface area contributed by atoms with Gasteiger partial charge in [-0.25, -0.2) is 0 Å². The number of pyridine rings is 1. The van der Waals surface area contributed by atoms with Crippen LogP contribution >= 0.6 is 12.4 Å². The number of hydrogen-bond donors (Lipinski definition) is 1. The maximum atomic E-state index is 5.51. The van der Waals surface area contributed by atoms with Gasteiger partial charge in [0.25, 0.3) is 0 Å². The number of ether oxygens (including phenoxy) is 2. The van der Waals surface area contributed by atoms with Gasteiger partial charge in [-0.1, -0.05) is 24.3 Å². The smallest absolute Gasteiger partial charge is 0.231 e. The molecule has 0 spiro atoms. The van der Waals surface area contributed by atoms with E-state index >= 15 is 0 Å². The summed E-state index contributed by atoms with van der Waals surface area (Å²) in [5.74, 6) is 1.53. The molecular weight excluding hydrogens is 288 g/mol. The SMILES string of the molecule is Cl.c1cc(Nc2ccnc3ccccc23)c2c(c1)OCO2. The summed E-state index contributed by atoms with van der Waals surface area (Å²) in [7, 11) is 0. The molecule has 0 saturated carbocycles. The third-order valence-corrected chi connectivity index (χ3v) is 3.31. The molecule has 0 bridgehead atoms. The number of para-hydroxylation sites is 2. The van der Waals surface area contributed by atoms with Crippen molar-refractivity contribution >= 4 is 34.7 Å². The van der Waals surface area contributed by atoms with E-state index in [2.05, 4.69) is 10.3 Å². The largest absolute Gasteiger partial charge is 0.454 e. The quantitative estimate of drug-likeness (QED) is 0.773. The molecule has 1 N–H and O–H groups in total. The van der Waals surface area contributed by atoms with Crippen LogP contribution in [0.5, 0.6) is 11.5 Å². The van der Waals surface area contributed by atoms with Crippen molar-refractivity contribution in [1.29, 1.82) is 0 Å². The van der Waals surface area contributed by atoms with Crippen LogP contribution in [-0.2, 0) is 0 Å². The zero-order valence-corrected chi connectivity index (χ0v) is 11.9. The normalized spacial score (nSPS) is 12.0. The molecule has 0 fully saturated rings. The number of nitrogens with one attached hydrogen (secondary N) is 1. The topological polar surface area (TPSA) is 43.4 Å². The number of aromatic nitrogens is 1. The van der Waals surface area contributed by atoms with Crippen LogP contribution in [0.1, 0.15) is 0 Å². The maximum Gasteiger partial charge on any atom is 0.231 e. The Kier molecular flexibility index (Phi) is 3.54. The van der Waals surface area contributed by atoms with Gasteiger partial charge in [0, 0.05) is 17.3 Å². The number of hydrogen-bond acceptors (Lipinski definition) is 4. The second kappa shape index (κ2) is 5.50. The minimum Gasteiger partial charge on any atom is -0.454 e. The summed E-state index contributed by atoms with van der Waals surface area (Å²) in [6.07, 6.45) is 1.80. The van der Waals surface area contributed by atoms with E-state index in [4.69, 9.17) is 9.47 Å². The summed E-state index contributed by atoms with van der Waals surface area (Å²) >= 11 is 0. The Bertz CT molecular complexity index is 787. The third-order valence-electron chi connectivity index (χ3n) is 3.31. The van der Waals surface area contributed by atoms with Gasteiger partial charge in [-0.05, 0) is 24.3 Å². The second-order valence-corrected chi connectivity index (χ2v) is 4.54. The number of nitrogens with zero attached hydrogens (tertiary/aromatic N) is 1. The molecule has 0 atom stereocenters. The molecule has 2 aromatic carbocycles. The highest BCUT2D eigenvalue weighted by Crippen LogP contribution is 2.40. The minimum absolute atomic E-state index is 0. The van der Waals surface area contributed by atoms with Crippen LogP contribution in [-0.4, -0.2) is 11.8 Å². The van der Waals surface area contributed by atoms with E-state index in [0.29, 0.717) is 0 Å². The molecule has 4 nitrogen and oxygen atoms in total. The summed E-state index contributed by atoms with van der Waals surface area (Å²) in [4.78, 5) is 4.36. The molecule has 0 radical (unpaired) electrons. The van der Waals surface area contributed by atoms with Crippen molar-refractivity contribution < 1.29 is 9.47 Å². The fraction of sp³-hybridized carbons (Fsp3) is 0.0625. The van der Waals surface area contributed by atoms with Crippen LogP contribution in [0.3, 0.4) is 0 Å². The molecule has 21 heavy (non-hydrogen) atoms. The Morgan fingerprint density at radius 2 is 1.81 bits per heavy atom. The fourth-order valence-corrected chi connectivity index (χ4v) is 2.38. The average Bonchev–Trinajstić information content (AvgIpc) is 2.97.